The summed E-state index contributed by atoms with van der Waals surface area (Å²) in [6, 6.07) is -17.6. The SMILES string of the molecule is CC(C)[C@H](NC(=O)[C@H](CC(=O)O)NC(=O)[C@H](CO)NC(=O)[C@H](CCCN=C(N)N)NC(=O)[C@H](CCC(N)=O)NC(=O)[C@H](CC(N)=O)NC(=O)[C@H](CCCN=C(N)N)NC(=O)[C@H](CO)NC(=O)[C@H](CC(N)=O)NC(=O)[C@@H](N)CCCCN)C(=O)O. The van der Waals surface area contributed by atoms with E-state index in [4.69, 9.17) is 51.6 Å². The van der Waals surface area contributed by atoms with Crippen molar-refractivity contribution in [2.75, 3.05) is 32.8 Å². The molecule has 0 bridgehead atoms. The maximum absolute atomic E-state index is 14.1. The number of carboxylic acids is 2. The van der Waals surface area contributed by atoms with E-state index < -0.39 is 194 Å². The van der Waals surface area contributed by atoms with Crippen LogP contribution in [0.4, 0.5) is 0 Å². The maximum atomic E-state index is 14.1. The minimum Gasteiger partial charge on any atom is -0.481 e. The van der Waals surface area contributed by atoms with Gasteiger partial charge >= 0.3 is 11.9 Å². The van der Waals surface area contributed by atoms with Gasteiger partial charge in [-0.25, -0.2) is 4.79 Å². The van der Waals surface area contributed by atoms with Crippen molar-refractivity contribution in [3.63, 3.8) is 0 Å². The van der Waals surface area contributed by atoms with E-state index in [9.17, 15) is 87.5 Å². The lowest BCUT2D eigenvalue weighted by Crippen LogP contribution is -2.61. The molecule has 38 nitrogen and oxygen atoms in total. The van der Waals surface area contributed by atoms with Crippen LogP contribution in [-0.2, 0) is 67.1 Å². The van der Waals surface area contributed by atoms with E-state index in [0.29, 0.717) is 19.4 Å². The number of nitrogens with two attached hydrogens (primary N) is 9. The summed E-state index contributed by atoms with van der Waals surface area (Å²) >= 11 is 0. The van der Waals surface area contributed by atoms with E-state index in [1.165, 1.54) is 13.8 Å². The Labute approximate surface area is 480 Å². The van der Waals surface area contributed by atoms with E-state index in [2.05, 4.69) is 52.5 Å². The van der Waals surface area contributed by atoms with Crippen molar-refractivity contribution in [2.45, 2.75) is 151 Å². The van der Waals surface area contributed by atoms with Crippen LogP contribution in [0.5, 0.6) is 0 Å². The van der Waals surface area contributed by atoms with Gasteiger partial charge < -0.3 is 120 Å². The third kappa shape index (κ3) is 30.7. The number of carboxylic acid groups (broad SMARTS) is 2. The minimum atomic E-state index is -2.01. The van der Waals surface area contributed by atoms with Crippen molar-refractivity contribution in [1.29, 1.82) is 0 Å². The number of hydrogen-bond acceptors (Lipinski definition) is 20. The van der Waals surface area contributed by atoms with Gasteiger partial charge in [0.1, 0.15) is 54.4 Å². The largest absolute Gasteiger partial charge is 0.481 e. The second kappa shape index (κ2) is 39.4. The van der Waals surface area contributed by atoms with Crippen LogP contribution in [0.2, 0.25) is 0 Å². The Morgan fingerprint density at radius 1 is 0.405 bits per heavy atom. The van der Waals surface area contributed by atoms with E-state index in [0.717, 1.165) is 0 Å². The van der Waals surface area contributed by atoms with Crippen LogP contribution in [0, 0.1) is 5.92 Å². The Balaban J connectivity index is 6.96. The molecule has 0 aromatic rings. The van der Waals surface area contributed by atoms with Crippen molar-refractivity contribution in [3.05, 3.63) is 0 Å². The number of carbonyl (C=O) groups is 14. The highest BCUT2D eigenvalue weighted by Gasteiger charge is 2.37. The predicted molar refractivity (Wildman–Crippen MR) is 293 cm³/mol. The lowest BCUT2D eigenvalue weighted by Gasteiger charge is -2.27. The second-order valence-electron chi connectivity index (χ2n) is 19.2. The molecular weight excluding hydrogens is 1120 g/mol. The van der Waals surface area contributed by atoms with Gasteiger partial charge in [0.25, 0.3) is 0 Å². The number of carbonyl (C=O) groups excluding carboxylic acids is 12. The number of aliphatic carboxylic acids is 2. The molecule has 31 N–H and O–H groups in total. The summed E-state index contributed by atoms with van der Waals surface area (Å²) < 4.78 is 0. The average Bonchev–Trinajstić information content (AvgIpc) is 3.42. The Kier molecular flexibility index (Phi) is 35.2. The van der Waals surface area contributed by atoms with Gasteiger partial charge in [0.15, 0.2) is 11.9 Å². The zero-order chi connectivity index (χ0) is 64.4. The lowest BCUT2D eigenvalue weighted by molar-refractivity contribution is -0.144. The summed E-state index contributed by atoms with van der Waals surface area (Å²) in [4.78, 5) is 189. The fraction of sp³-hybridized carbons (Fsp3) is 0.652. The molecule has 10 atom stereocenters. The first-order chi connectivity index (χ1) is 39.3. The van der Waals surface area contributed by atoms with Crippen LogP contribution in [0.3, 0.4) is 0 Å². The number of nitrogens with one attached hydrogen (secondary N) is 9. The number of nitrogens with zero attached hydrogens (tertiary/aromatic N) is 2. The number of hydrogen-bond donors (Lipinski definition) is 22. The summed E-state index contributed by atoms with van der Waals surface area (Å²) in [6.45, 7) is 0.476. The molecule has 0 unspecified atom stereocenters. The summed E-state index contributed by atoms with van der Waals surface area (Å²) in [7, 11) is 0. The van der Waals surface area contributed by atoms with Crippen molar-refractivity contribution in [3.8, 4) is 0 Å². The molecule has 474 valence electrons. The van der Waals surface area contributed by atoms with Crippen molar-refractivity contribution in [1.82, 2.24) is 47.9 Å². The first kappa shape index (κ1) is 75.0. The molecule has 0 aliphatic heterocycles. The number of unbranched alkanes of at least 4 members (excludes halogenated alkanes) is 1. The number of aliphatic hydroxyl groups is 2. The van der Waals surface area contributed by atoms with E-state index in [1.807, 2.05) is 5.32 Å². The molecule has 38 heteroatoms. The maximum Gasteiger partial charge on any atom is 0.326 e. The third-order valence-corrected chi connectivity index (χ3v) is 11.7. The van der Waals surface area contributed by atoms with Crippen LogP contribution in [0.15, 0.2) is 9.98 Å². The second-order valence-corrected chi connectivity index (χ2v) is 19.2. The quantitative estimate of drug-likeness (QED) is 0.0153. The Hall–Kier alpha value is -9.04. The predicted octanol–water partition coefficient (Wildman–Crippen LogP) is -11.9. The standard InChI is InChI=1S/C46H82N20O18/c1-20(2)34(44(83)84)66-41(80)27(17-33(72)73)63-43(82)29(19-68)64-37(76)23(9-6-14-57-46(54)55)58-38(77)24(10-11-30(49)69)60-39(78)26(16-32(51)71)62-36(75)22(8-5-13-56-45(52)53)59-42(81)28(18-67)65-40(79)25(15-31(50)70)61-35(74)21(48)7-3-4-12-47/h20-29,34,67-68H,3-19,47-48H2,1-2H3,(H2,49,69)(H2,50,70)(H2,51,71)(H,58,77)(H,59,81)(H,60,78)(H,61,74)(H,62,75)(H,63,82)(H,64,76)(H,65,79)(H,66,80)(H,72,73)(H,83,84)(H4,52,53,56)(H4,54,55,57)/t21-,22-,23-,24-,25-,26-,27-,28-,29-,34-/m0/s1. The molecule has 0 aromatic heterocycles. The number of amides is 12. The number of primary amides is 3. The van der Waals surface area contributed by atoms with Gasteiger partial charge in [0.05, 0.1) is 38.5 Å². The van der Waals surface area contributed by atoms with Gasteiger partial charge in [-0.15, -0.1) is 0 Å². The zero-order valence-corrected chi connectivity index (χ0v) is 46.5. The molecule has 0 saturated heterocycles. The molecule has 84 heavy (non-hydrogen) atoms. The monoisotopic (exact) mass is 1200 g/mol. The first-order valence-electron chi connectivity index (χ1n) is 26.1. The molecule has 0 radical (unpaired) electrons. The van der Waals surface area contributed by atoms with E-state index in [1.54, 1.807) is 0 Å². The summed E-state index contributed by atoms with van der Waals surface area (Å²) in [6.07, 6.45) is -4.00. The molecule has 0 aliphatic rings. The summed E-state index contributed by atoms with van der Waals surface area (Å²) in [5.74, 6) is -18.9. The highest BCUT2D eigenvalue weighted by atomic mass is 16.4. The molecule has 12 amide bonds. The smallest absolute Gasteiger partial charge is 0.326 e. The number of aliphatic hydroxyl groups excluding tert-OH is 2. The first-order valence-corrected chi connectivity index (χ1v) is 26.1. The average molecular weight is 1200 g/mol. The van der Waals surface area contributed by atoms with Crippen molar-refractivity contribution in [2.24, 2.45) is 67.5 Å². The molecule has 0 rings (SSSR count). The van der Waals surface area contributed by atoms with Gasteiger partial charge in [-0.1, -0.05) is 20.3 Å². The van der Waals surface area contributed by atoms with Crippen LogP contribution in [-0.4, -0.2) is 208 Å². The number of rotatable bonds is 43. The zero-order valence-electron chi connectivity index (χ0n) is 46.5. The summed E-state index contributed by atoms with van der Waals surface area (Å²) in [5, 5.41) is 59.0. The van der Waals surface area contributed by atoms with Gasteiger partial charge in [-0.05, 0) is 57.4 Å². The van der Waals surface area contributed by atoms with Gasteiger partial charge in [0.2, 0.25) is 70.9 Å². The van der Waals surface area contributed by atoms with Crippen LogP contribution < -0.4 is 99.5 Å². The Morgan fingerprint density at radius 3 is 1.07 bits per heavy atom. The number of guanidine groups is 2. The molecule has 0 heterocycles. The minimum absolute atomic E-state index is 0.0903. The van der Waals surface area contributed by atoms with Gasteiger partial charge in [0, 0.05) is 19.5 Å². The highest BCUT2D eigenvalue weighted by molar-refractivity contribution is 6.00. The number of aliphatic imine (C=N–C) groups is 2. The highest BCUT2D eigenvalue weighted by Crippen LogP contribution is 2.09. The molecule has 0 aromatic carbocycles. The molecule has 0 fully saturated rings. The fourth-order valence-corrected chi connectivity index (χ4v) is 7.29. The van der Waals surface area contributed by atoms with Crippen LogP contribution in [0.25, 0.3) is 0 Å². The molecular formula is C46H82N20O18. The van der Waals surface area contributed by atoms with E-state index in [-0.39, 0.29) is 57.1 Å². The lowest BCUT2D eigenvalue weighted by atomic mass is 10.0. The fourth-order valence-electron chi connectivity index (χ4n) is 7.29. The topological polar surface area (TPSA) is 687 Å². The van der Waals surface area contributed by atoms with Crippen molar-refractivity contribution < 1.29 is 87.5 Å². The molecule has 0 spiro atoms. The van der Waals surface area contributed by atoms with Crippen LogP contribution >= 0.6 is 0 Å². The van der Waals surface area contributed by atoms with Crippen molar-refractivity contribution >= 4 is 94.7 Å². The third-order valence-electron chi connectivity index (χ3n) is 11.7. The normalized spacial score (nSPS) is 14.4. The van der Waals surface area contributed by atoms with Crippen LogP contribution in [0.1, 0.15) is 90.9 Å². The Morgan fingerprint density at radius 2 is 0.738 bits per heavy atom. The van der Waals surface area contributed by atoms with E-state index >= 15 is 0 Å². The Bertz CT molecular complexity index is 2370. The van der Waals surface area contributed by atoms with Gasteiger partial charge in [-0.2, -0.15) is 0 Å². The summed E-state index contributed by atoms with van der Waals surface area (Å²) in [5.41, 5.74) is 49.1. The molecule has 0 saturated carbocycles. The van der Waals surface area contributed by atoms with Gasteiger partial charge in [-0.3, -0.25) is 72.3 Å². The molecule has 0 aliphatic carbocycles.